The second kappa shape index (κ2) is 6.95. The Morgan fingerprint density at radius 1 is 1.28 bits per heavy atom. The van der Waals surface area contributed by atoms with Gasteiger partial charge < -0.3 is 20.3 Å². The fourth-order valence-electron chi connectivity index (χ4n) is 1.14. The van der Waals surface area contributed by atoms with Crippen LogP contribution in [0, 0.1) is 0 Å². The van der Waals surface area contributed by atoms with Gasteiger partial charge in [-0.25, -0.2) is 4.79 Å². The van der Waals surface area contributed by atoms with Gasteiger partial charge in [0.2, 0.25) is 0 Å². The number of aliphatic carboxylic acids is 2. The molecule has 0 saturated carbocycles. The van der Waals surface area contributed by atoms with E-state index < -0.39 is 29.5 Å². The molecule has 0 rings (SSSR count). The van der Waals surface area contributed by atoms with Crippen LogP contribution in [-0.4, -0.2) is 46.8 Å². The van der Waals surface area contributed by atoms with Crippen molar-refractivity contribution in [3.05, 3.63) is 0 Å². The van der Waals surface area contributed by atoms with Crippen molar-refractivity contribution in [3.8, 4) is 0 Å². The van der Waals surface area contributed by atoms with Gasteiger partial charge >= 0.3 is 11.9 Å². The summed E-state index contributed by atoms with van der Waals surface area (Å²) in [6, 6.07) is -1.11. The van der Waals surface area contributed by atoms with Crippen molar-refractivity contribution in [2.45, 2.75) is 44.8 Å². The second-order valence-electron chi connectivity index (χ2n) is 4.36. The normalized spacial score (nSPS) is 12.8. The zero-order valence-electron chi connectivity index (χ0n) is 10.7. The lowest BCUT2D eigenvalue weighted by molar-refractivity contribution is -0.147. The molecule has 0 spiro atoms. The molecule has 0 radical (unpaired) electrons. The topological polar surface area (TPSA) is 113 Å². The average molecular weight is 261 g/mol. The number of ether oxygens (including phenoxy) is 1. The van der Waals surface area contributed by atoms with Crippen LogP contribution in [0.3, 0.4) is 0 Å². The molecule has 0 aliphatic heterocycles. The summed E-state index contributed by atoms with van der Waals surface area (Å²) in [6.45, 7) is 3.02. The quantitative estimate of drug-likeness (QED) is 0.576. The molecule has 0 bridgehead atoms. The summed E-state index contributed by atoms with van der Waals surface area (Å²) in [6.07, 6.45) is 0.112. The molecule has 1 atom stereocenters. The Bertz CT molecular complexity index is 325. The van der Waals surface area contributed by atoms with Gasteiger partial charge in [-0.15, -0.1) is 0 Å². The Labute approximate surface area is 105 Å². The van der Waals surface area contributed by atoms with Gasteiger partial charge in [0.25, 0.3) is 5.91 Å². The number of carboxylic acids is 2. The maximum atomic E-state index is 11.7. The maximum Gasteiger partial charge on any atom is 0.326 e. The smallest absolute Gasteiger partial charge is 0.326 e. The summed E-state index contributed by atoms with van der Waals surface area (Å²) in [4.78, 5) is 32.9. The van der Waals surface area contributed by atoms with E-state index in [1.165, 1.54) is 21.0 Å². The summed E-state index contributed by atoms with van der Waals surface area (Å²) in [5.41, 5.74) is -1.12. The van der Waals surface area contributed by atoms with Crippen LogP contribution in [0.4, 0.5) is 0 Å². The molecule has 7 nitrogen and oxygen atoms in total. The predicted molar refractivity (Wildman–Crippen MR) is 62.1 cm³/mol. The maximum absolute atomic E-state index is 11.7. The minimum Gasteiger partial charge on any atom is -0.481 e. The van der Waals surface area contributed by atoms with Crippen LogP contribution in [0.5, 0.6) is 0 Å². The molecule has 7 heteroatoms. The summed E-state index contributed by atoms with van der Waals surface area (Å²) in [5.74, 6) is -2.74. The van der Waals surface area contributed by atoms with Gasteiger partial charge in [0.1, 0.15) is 11.6 Å². The minimum absolute atomic E-state index is 0.0627. The van der Waals surface area contributed by atoms with Crippen LogP contribution in [0.2, 0.25) is 0 Å². The minimum atomic E-state index is -1.19. The zero-order chi connectivity index (χ0) is 14.3. The number of carbonyl (C=O) groups is 3. The number of hydrogen-bond acceptors (Lipinski definition) is 4. The highest BCUT2D eigenvalue weighted by Gasteiger charge is 2.30. The largest absolute Gasteiger partial charge is 0.481 e. The third kappa shape index (κ3) is 5.62. The SMILES string of the molecule is COC(C)(C)C(=O)N[C@H](CCCC(=O)O)C(=O)O. The van der Waals surface area contributed by atoms with Crippen molar-refractivity contribution < 1.29 is 29.3 Å². The molecule has 18 heavy (non-hydrogen) atoms. The molecule has 1 amide bonds. The van der Waals surface area contributed by atoms with E-state index in [9.17, 15) is 14.4 Å². The Morgan fingerprint density at radius 3 is 2.22 bits per heavy atom. The van der Waals surface area contributed by atoms with Crippen LogP contribution in [0.1, 0.15) is 33.1 Å². The number of nitrogens with one attached hydrogen (secondary N) is 1. The summed E-state index contributed by atoms with van der Waals surface area (Å²) in [5, 5.41) is 19.7. The van der Waals surface area contributed by atoms with E-state index in [4.69, 9.17) is 14.9 Å². The van der Waals surface area contributed by atoms with E-state index in [1.54, 1.807) is 0 Å². The van der Waals surface area contributed by atoms with Gasteiger partial charge in [0.05, 0.1) is 0 Å². The molecule has 0 aliphatic rings. The third-order valence-corrected chi connectivity index (χ3v) is 2.54. The summed E-state index contributed by atoms with van der Waals surface area (Å²) < 4.78 is 4.92. The van der Waals surface area contributed by atoms with Crippen molar-refractivity contribution in [2.24, 2.45) is 0 Å². The molecule has 0 aromatic rings. The Kier molecular flexibility index (Phi) is 6.32. The molecule has 104 valence electrons. The lowest BCUT2D eigenvalue weighted by Crippen LogP contribution is -2.50. The molecule has 0 aliphatic carbocycles. The Balaban J connectivity index is 4.41. The number of rotatable bonds is 8. The number of amides is 1. The first kappa shape index (κ1) is 16.4. The summed E-state index contributed by atoms with van der Waals surface area (Å²) in [7, 11) is 1.35. The zero-order valence-corrected chi connectivity index (χ0v) is 10.7. The Morgan fingerprint density at radius 2 is 1.83 bits per heavy atom. The van der Waals surface area contributed by atoms with Crippen LogP contribution < -0.4 is 5.32 Å². The molecule has 3 N–H and O–H groups in total. The molecule has 0 unspecified atom stereocenters. The molecule has 0 fully saturated rings. The first-order valence-corrected chi connectivity index (χ1v) is 5.51. The Hall–Kier alpha value is -1.63. The molecule has 0 aromatic heterocycles. The van der Waals surface area contributed by atoms with Crippen LogP contribution in [-0.2, 0) is 19.1 Å². The first-order valence-electron chi connectivity index (χ1n) is 5.51. The van der Waals surface area contributed by atoms with Crippen molar-refractivity contribution >= 4 is 17.8 Å². The first-order chi connectivity index (χ1) is 8.20. The van der Waals surface area contributed by atoms with Gasteiger partial charge in [-0.3, -0.25) is 9.59 Å². The van der Waals surface area contributed by atoms with Crippen molar-refractivity contribution in [3.63, 3.8) is 0 Å². The van der Waals surface area contributed by atoms with Gasteiger partial charge in [0, 0.05) is 13.5 Å². The van der Waals surface area contributed by atoms with Gasteiger partial charge in [-0.05, 0) is 26.7 Å². The lowest BCUT2D eigenvalue weighted by atomic mass is 10.1. The number of hydrogen-bond donors (Lipinski definition) is 3. The number of methoxy groups -OCH3 is 1. The highest BCUT2D eigenvalue weighted by Crippen LogP contribution is 2.09. The molecule has 0 aromatic carbocycles. The fourth-order valence-corrected chi connectivity index (χ4v) is 1.14. The van der Waals surface area contributed by atoms with Crippen LogP contribution in [0.25, 0.3) is 0 Å². The standard InChI is InChI=1S/C11H19NO6/c1-11(2,18-3)10(17)12-7(9(15)16)5-4-6-8(13)14/h7H,4-6H2,1-3H3,(H,12,17)(H,13,14)(H,15,16)/t7-/m1/s1. The van der Waals surface area contributed by atoms with Crippen LogP contribution >= 0.6 is 0 Å². The van der Waals surface area contributed by atoms with Gasteiger partial charge in [-0.1, -0.05) is 0 Å². The average Bonchev–Trinajstić information content (AvgIpc) is 2.26. The highest BCUT2D eigenvalue weighted by molar-refractivity contribution is 5.88. The van der Waals surface area contributed by atoms with E-state index >= 15 is 0 Å². The van der Waals surface area contributed by atoms with E-state index in [1.807, 2.05) is 0 Å². The van der Waals surface area contributed by atoms with Crippen LogP contribution in [0.15, 0.2) is 0 Å². The van der Waals surface area contributed by atoms with Gasteiger partial charge in [0.15, 0.2) is 0 Å². The summed E-state index contributed by atoms with van der Waals surface area (Å²) >= 11 is 0. The van der Waals surface area contributed by atoms with E-state index in [-0.39, 0.29) is 19.3 Å². The molecular weight excluding hydrogens is 242 g/mol. The van der Waals surface area contributed by atoms with Crippen molar-refractivity contribution in [1.82, 2.24) is 5.32 Å². The molecule has 0 heterocycles. The second-order valence-corrected chi connectivity index (χ2v) is 4.36. The molecular formula is C11H19NO6. The number of carbonyl (C=O) groups excluding carboxylic acids is 1. The van der Waals surface area contributed by atoms with E-state index in [2.05, 4.69) is 5.32 Å². The molecule has 0 saturated heterocycles. The van der Waals surface area contributed by atoms with Crippen molar-refractivity contribution in [2.75, 3.05) is 7.11 Å². The lowest BCUT2D eigenvalue weighted by Gasteiger charge is -2.24. The van der Waals surface area contributed by atoms with Gasteiger partial charge in [-0.2, -0.15) is 0 Å². The highest BCUT2D eigenvalue weighted by atomic mass is 16.5. The monoisotopic (exact) mass is 261 g/mol. The number of carboxylic acid groups (broad SMARTS) is 2. The predicted octanol–water partition coefficient (Wildman–Crippen LogP) is 0.236. The van der Waals surface area contributed by atoms with Crippen molar-refractivity contribution in [1.29, 1.82) is 0 Å². The third-order valence-electron chi connectivity index (χ3n) is 2.54. The van der Waals surface area contributed by atoms with E-state index in [0.717, 1.165) is 0 Å². The van der Waals surface area contributed by atoms with E-state index in [0.29, 0.717) is 0 Å². The fraction of sp³-hybridized carbons (Fsp3) is 0.727.